The van der Waals surface area contributed by atoms with Crippen molar-refractivity contribution in [1.82, 2.24) is 20.4 Å². The minimum atomic E-state index is -0.480. The summed E-state index contributed by atoms with van der Waals surface area (Å²) in [4.78, 5) is 37.0. The van der Waals surface area contributed by atoms with E-state index in [1.54, 1.807) is 13.8 Å². The second-order valence-corrected chi connectivity index (χ2v) is 5.63. The summed E-state index contributed by atoms with van der Waals surface area (Å²) in [5.41, 5.74) is 6.02. The number of piperidine rings is 1. The van der Waals surface area contributed by atoms with Crippen LogP contribution in [0.5, 0.6) is 0 Å². The van der Waals surface area contributed by atoms with Crippen LogP contribution in [0.1, 0.15) is 34.5 Å². The number of primary amides is 1. The van der Waals surface area contributed by atoms with E-state index in [4.69, 9.17) is 5.73 Å². The van der Waals surface area contributed by atoms with Gasteiger partial charge in [0.1, 0.15) is 5.56 Å². The summed E-state index contributed by atoms with van der Waals surface area (Å²) in [5, 5.41) is 9.06. The molecule has 8 nitrogen and oxygen atoms in total. The molecule has 120 valence electrons. The van der Waals surface area contributed by atoms with Crippen LogP contribution in [0.3, 0.4) is 0 Å². The Morgan fingerprint density at radius 3 is 2.59 bits per heavy atom. The third kappa shape index (κ3) is 3.70. The van der Waals surface area contributed by atoms with Crippen LogP contribution >= 0.6 is 0 Å². The number of hydrogen-bond acceptors (Lipinski definition) is 5. The molecule has 0 saturated carbocycles. The van der Waals surface area contributed by atoms with Gasteiger partial charge in [-0.05, 0) is 32.3 Å². The first-order chi connectivity index (χ1) is 10.4. The Hall–Kier alpha value is -2.22. The van der Waals surface area contributed by atoms with Crippen molar-refractivity contribution in [2.45, 2.75) is 32.7 Å². The van der Waals surface area contributed by atoms with Gasteiger partial charge in [0.05, 0.1) is 12.2 Å². The number of rotatable bonds is 4. The average Bonchev–Trinajstić information content (AvgIpc) is 2.45. The number of likely N-dealkylation sites (tertiary alicyclic amines) is 1. The van der Waals surface area contributed by atoms with Crippen molar-refractivity contribution < 1.29 is 9.59 Å². The summed E-state index contributed by atoms with van der Waals surface area (Å²) in [6.07, 6.45) is 1.44. The van der Waals surface area contributed by atoms with Gasteiger partial charge in [-0.15, -0.1) is 0 Å². The van der Waals surface area contributed by atoms with E-state index in [9.17, 15) is 14.4 Å². The van der Waals surface area contributed by atoms with E-state index in [0.717, 1.165) is 12.8 Å². The van der Waals surface area contributed by atoms with E-state index in [1.165, 1.54) is 0 Å². The Kier molecular flexibility index (Phi) is 4.92. The number of nitrogens with two attached hydrogens (primary N) is 1. The van der Waals surface area contributed by atoms with Crippen LogP contribution < -0.4 is 16.6 Å². The van der Waals surface area contributed by atoms with Crippen LogP contribution in [0, 0.1) is 13.8 Å². The monoisotopic (exact) mass is 307 g/mol. The van der Waals surface area contributed by atoms with E-state index in [0.29, 0.717) is 24.3 Å². The lowest BCUT2D eigenvalue weighted by atomic mass is 10.0. The Morgan fingerprint density at radius 1 is 1.36 bits per heavy atom. The minimum Gasteiger partial charge on any atom is -0.369 e. The summed E-state index contributed by atoms with van der Waals surface area (Å²) in [5.74, 6) is -0.727. The molecule has 0 spiro atoms. The van der Waals surface area contributed by atoms with Gasteiger partial charge in [-0.25, -0.2) is 5.10 Å². The summed E-state index contributed by atoms with van der Waals surface area (Å²) in [6.45, 7) is 5.08. The Morgan fingerprint density at radius 2 is 2.00 bits per heavy atom. The van der Waals surface area contributed by atoms with Crippen molar-refractivity contribution >= 4 is 11.8 Å². The number of carbonyl (C=O) groups is 2. The first-order valence-electron chi connectivity index (χ1n) is 7.26. The van der Waals surface area contributed by atoms with Gasteiger partial charge in [0.15, 0.2) is 0 Å². The Labute approximate surface area is 128 Å². The van der Waals surface area contributed by atoms with E-state index >= 15 is 0 Å². The summed E-state index contributed by atoms with van der Waals surface area (Å²) in [7, 11) is 0. The van der Waals surface area contributed by atoms with Crippen molar-refractivity contribution in [1.29, 1.82) is 0 Å². The molecule has 0 radical (unpaired) electrons. The molecule has 4 N–H and O–H groups in total. The maximum atomic E-state index is 12.3. The van der Waals surface area contributed by atoms with Crippen molar-refractivity contribution in [2.75, 3.05) is 19.6 Å². The third-order valence-corrected chi connectivity index (χ3v) is 4.00. The van der Waals surface area contributed by atoms with E-state index in [-0.39, 0.29) is 30.0 Å². The highest BCUT2D eigenvalue weighted by Gasteiger charge is 2.24. The fourth-order valence-electron chi connectivity index (χ4n) is 2.61. The number of amides is 2. The van der Waals surface area contributed by atoms with Crippen LogP contribution in [0.4, 0.5) is 0 Å². The lowest BCUT2D eigenvalue weighted by Crippen LogP contribution is -2.47. The second-order valence-electron chi connectivity index (χ2n) is 5.63. The lowest BCUT2D eigenvalue weighted by Gasteiger charge is -2.31. The van der Waals surface area contributed by atoms with Crippen LogP contribution in [0.25, 0.3) is 0 Å². The van der Waals surface area contributed by atoms with Crippen molar-refractivity contribution in [3.63, 3.8) is 0 Å². The highest BCUT2D eigenvalue weighted by Crippen LogP contribution is 2.11. The zero-order valence-corrected chi connectivity index (χ0v) is 12.8. The molecule has 1 aromatic rings. The number of aromatic amines is 1. The molecule has 0 atom stereocenters. The molecule has 2 amide bonds. The fourth-order valence-corrected chi connectivity index (χ4v) is 2.61. The molecule has 0 unspecified atom stereocenters. The molecule has 0 aliphatic carbocycles. The first-order valence-corrected chi connectivity index (χ1v) is 7.26. The number of nitrogens with zero attached hydrogens (tertiary/aromatic N) is 2. The summed E-state index contributed by atoms with van der Waals surface area (Å²) >= 11 is 0. The van der Waals surface area contributed by atoms with Crippen LogP contribution in [-0.2, 0) is 4.79 Å². The third-order valence-electron chi connectivity index (χ3n) is 4.00. The molecule has 2 heterocycles. The molecule has 1 aliphatic heterocycles. The average molecular weight is 307 g/mol. The lowest BCUT2D eigenvalue weighted by molar-refractivity contribution is -0.119. The molecule has 1 fully saturated rings. The smallest absolute Gasteiger partial charge is 0.277 e. The maximum absolute atomic E-state index is 12.3. The highest BCUT2D eigenvalue weighted by atomic mass is 16.2. The predicted molar refractivity (Wildman–Crippen MR) is 80.5 cm³/mol. The predicted octanol–water partition coefficient (Wildman–Crippen LogP) is -0.934. The van der Waals surface area contributed by atoms with Gasteiger partial charge in [-0.2, -0.15) is 5.10 Å². The van der Waals surface area contributed by atoms with Gasteiger partial charge < -0.3 is 11.1 Å². The van der Waals surface area contributed by atoms with Crippen LogP contribution in [0.2, 0.25) is 0 Å². The van der Waals surface area contributed by atoms with Gasteiger partial charge in [0.25, 0.3) is 11.5 Å². The zero-order chi connectivity index (χ0) is 16.3. The number of carbonyl (C=O) groups excluding carboxylic acids is 2. The fraction of sp³-hybridized carbons (Fsp3) is 0.571. The molecular weight excluding hydrogens is 286 g/mol. The van der Waals surface area contributed by atoms with E-state index in [1.807, 2.05) is 4.90 Å². The molecular formula is C14H21N5O3. The van der Waals surface area contributed by atoms with Crippen LogP contribution in [0.15, 0.2) is 4.79 Å². The second kappa shape index (κ2) is 6.69. The SMILES string of the molecule is Cc1n[nH]c(=O)c(C(=O)NC2CCN(CC(N)=O)CC2)c1C. The number of aryl methyl sites for hydroxylation is 1. The highest BCUT2D eigenvalue weighted by molar-refractivity contribution is 5.95. The molecule has 2 rings (SSSR count). The number of H-pyrrole nitrogens is 1. The summed E-state index contributed by atoms with van der Waals surface area (Å²) < 4.78 is 0. The molecule has 0 aromatic carbocycles. The van der Waals surface area contributed by atoms with Gasteiger partial charge in [-0.3, -0.25) is 19.3 Å². The molecule has 0 bridgehead atoms. The van der Waals surface area contributed by atoms with E-state index < -0.39 is 5.56 Å². The van der Waals surface area contributed by atoms with E-state index in [2.05, 4.69) is 15.5 Å². The van der Waals surface area contributed by atoms with Crippen molar-refractivity contribution in [3.8, 4) is 0 Å². The number of aromatic nitrogens is 2. The Balaban J connectivity index is 1.98. The number of nitrogens with one attached hydrogen (secondary N) is 2. The minimum absolute atomic E-state index is 0.0103. The Bertz CT molecular complexity index is 632. The van der Waals surface area contributed by atoms with Crippen molar-refractivity contribution in [2.24, 2.45) is 5.73 Å². The van der Waals surface area contributed by atoms with Gasteiger partial charge in [-0.1, -0.05) is 0 Å². The van der Waals surface area contributed by atoms with Gasteiger partial charge >= 0.3 is 0 Å². The standard InChI is InChI=1S/C14H21N5O3/c1-8-9(2)17-18-14(22)12(8)13(21)16-10-3-5-19(6-4-10)7-11(15)20/h10H,3-7H2,1-2H3,(H2,15,20)(H,16,21)(H,18,22). The maximum Gasteiger partial charge on any atom is 0.277 e. The zero-order valence-electron chi connectivity index (χ0n) is 12.8. The largest absolute Gasteiger partial charge is 0.369 e. The van der Waals surface area contributed by atoms with Crippen molar-refractivity contribution in [3.05, 3.63) is 27.2 Å². The molecule has 8 heteroatoms. The number of hydrogen-bond donors (Lipinski definition) is 3. The first kappa shape index (κ1) is 16.2. The molecule has 1 aliphatic rings. The van der Waals surface area contributed by atoms with Gasteiger partial charge in [0.2, 0.25) is 5.91 Å². The van der Waals surface area contributed by atoms with Crippen LogP contribution in [-0.4, -0.2) is 52.6 Å². The molecule has 22 heavy (non-hydrogen) atoms. The summed E-state index contributed by atoms with van der Waals surface area (Å²) in [6, 6.07) is -0.0103. The normalized spacial score (nSPS) is 16.5. The van der Waals surface area contributed by atoms with Gasteiger partial charge in [0, 0.05) is 19.1 Å². The molecule has 1 aromatic heterocycles. The topological polar surface area (TPSA) is 121 Å². The molecule has 1 saturated heterocycles. The quantitative estimate of drug-likeness (QED) is 0.663.